The Morgan fingerprint density at radius 2 is 0.894 bits per heavy atom. The van der Waals surface area contributed by atoms with Crippen LogP contribution in [0.2, 0.25) is 0 Å². The molecule has 13 rings (SSSR count). The van der Waals surface area contributed by atoms with Gasteiger partial charge in [-0.25, -0.2) is 0 Å². The lowest BCUT2D eigenvalue weighted by molar-refractivity contribution is 0.660. The van der Waals surface area contributed by atoms with Crippen LogP contribution in [-0.4, -0.2) is 4.57 Å². The predicted molar refractivity (Wildman–Crippen MR) is 276 cm³/mol. The Hall–Kier alpha value is -8.20. The topological polar surface area (TPSA) is 8.17 Å². The molecule has 0 N–H and O–H groups in total. The average Bonchev–Trinajstić information content (AvgIpc) is 4.02. The highest BCUT2D eigenvalue weighted by Crippen LogP contribution is 2.58. The average molecular weight is 843 g/mol. The predicted octanol–water partition coefficient (Wildman–Crippen LogP) is 16.6. The van der Waals surface area contributed by atoms with E-state index in [1.165, 1.54) is 88.4 Å². The van der Waals surface area contributed by atoms with Crippen molar-refractivity contribution in [3.05, 3.63) is 276 Å². The molecule has 0 atom stereocenters. The highest BCUT2D eigenvalue weighted by molar-refractivity contribution is 6.07. The maximum Gasteiger partial charge on any atom is 0.0715 e. The molecular formula is C64H46N2. The first-order chi connectivity index (χ1) is 32.5. The molecule has 0 amide bonds. The van der Waals surface area contributed by atoms with Crippen molar-refractivity contribution in [2.45, 2.75) is 24.7 Å². The van der Waals surface area contributed by atoms with Crippen molar-refractivity contribution in [1.29, 1.82) is 0 Å². The number of hydrogen-bond acceptors (Lipinski definition) is 1. The van der Waals surface area contributed by atoms with E-state index in [1.54, 1.807) is 0 Å². The number of benzene rings is 10. The number of hydrogen-bond donors (Lipinski definition) is 0. The second-order valence-corrected chi connectivity index (χ2v) is 18.5. The van der Waals surface area contributed by atoms with E-state index in [2.05, 4.69) is 266 Å². The molecule has 0 saturated heterocycles. The van der Waals surface area contributed by atoms with Crippen molar-refractivity contribution in [3.8, 4) is 39.1 Å². The van der Waals surface area contributed by atoms with Gasteiger partial charge in [0.05, 0.1) is 10.9 Å². The van der Waals surface area contributed by atoms with Crippen LogP contribution in [0.3, 0.4) is 0 Å². The second-order valence-electron chi connectivity index (χ2n) is 18.5. The van der Waals surface area contributed by atoms with Crippen LogP contribution in [0.1, 0.15) is 47.2 Å². The van der Waals surface area contributed by atoms with Crippen LogP contribution in [-0.2, 0) is 10.8 Å². The fourth-order valence-corrected chi connectivity index (χ4v) is 11.6. The van der Waals surface area contributed by atoms with Crippen LogP contribution in [0.4, 0.5) is 17.1 Å². The number of aromatic nitrogens is 1. The lowest BCUT2D eigenvalue weighted by Gasteiger charge is -2.35. The third kappa shape index (κ3) is 5.61. The molecule has 0 radical (unpaired) electrons. The van der Waals surface area contributed by atoms with Gasteiger partial charge in [0.15, 0.2) is 0 Å². The Labute approximate surface area is 386 Å². The first kappa shape index (κ1) is 38.3. The Kier molecular flexibility index (Phi) is 8.51. The minimum absolute atomic E-state index is 0.143. The highest BCUT2D eigenvalue weighted by atomic mass is 15.1. The van der Waals surface area contributed by atoms with Crippen LogP contribution in [0.25, 0.3) is 60.7 Å². The molecule has 11 aromatic rings. The molecule has 66 heavy (non-hydrogen) atoms. The number of fused-ring (bicyclic) bond motifs is 9. The molecule has 2 aliphatic rings. The first-order valence-corrected chi connectivity index (χ1v) is 23.1. The molecule has 312 valence electrons. The lowest BCUT2D eigenvalue weighted by atomic mass is 9.67. The van der Waals surface area contributed by atoms with E-state index in [0.29, 0.717) is 0 Å². The van der Waals surface area contributed by atoms with Crippen LogP contribution in [0, 0.1) is 0 Å². The SMILES string of the molecule is CC1(C)c2ccccc2-c2ccc(N(c3ccc(-c4ccccc4)cc3)c3ccc4c(c3)C(c3ccccc3)(c3ccccc3)c3cc(-n5ccc6c7ccccc7ccc65)ccc3-4)cc21. The summed E-state index contributed by atoms with van der Waals surface area (Å²) in [6, 6.07) is 88.0. The largest absolute Gasteiger partial charge is 0.317 e. The van der Waals surface area contributed by atoms with Gasteiger partial charge < -0.3 is 9.47 Å². The van der Waals surface area contributed by atoms with Gasteiger partial charge in [0.25, 0.3) is 0 Å². The molecule has 0 fully saturated rings. The summed E-state index contributed by atoms with van der Waals surface area (Å²) >= 11 is 0. The summed E-state index contributed by atoms with van der Waals surface area (Å²) in [6.45, 7) is 4.74. The minimum atomic E-state index is -0.612. The van der Waals surface area contributed by atoms with Gasteiger partial charge in [-0.1, -0.05) is 190 Å². The Balaban J connectivity index is 1.04. The molecule has 0 aliphatic heterocycles. The van der Waals surface area contributed by atoms with E-state index in [9.17, 15) is 0 Å². The summed E-state index contributed by atoms with van der Waals surface area (Å²) in [4.78, 5) is 2.47. The van der Waals surface area contributed by atoms with Gasteiger partial charge in [0.1, 0.15) is 0 Å². The summed E-state index contributed by atoms with van der Waals surface area (Å²) in [5.41, 5.74) is 20.3. The van der Waals surface area contributed by atoms with Crippen LogP contribution >= 0.6 is 0 Å². The zero-order valence-corrected chi connectivity index (χ0v) is 37.0. The van der Waals surface area contributed by atoms with E-state index in [0.717, 1.165) is 22.7 Å². The summed E-state index contributed by atoms with van der Waals surface area (Å²) < 4.78 is 2.37. The molecule has 2 heteroatoms. The van der Waals surface area contributed by atoms with Crippen molar-refractivity contribution in [3.63, 3.8) is 0 Å². The van der Waals surface area contributed by atoms with Gasteiger partial charge in [-0.15, -0.1) is 0 Å². The zero-order chi connectivity index (χ0) is 44.0. The molecule has 0 spiro atoms. The zero-order valence-electron chi connectivity index (χ0n) is 37.0. The van der Waals surface area contributed by atoms with Gasteiger partial charge in [0, 0.05) is 39.7 Å². The molecule has 2 aliphatic carbocycles. The minimum Gasteiger partial charge on any atom is -0.317 e. The van der Waals surface area contributed by atoms with Crippen LogP contribution in [0.5, 0.6) is 0 Å². The van der Waals surface area contributed by atoms with Crippen LogP contribution in [0.15, 0.2) is 243 Å². The van der Waals surface area contributed by atoms with E-state index >= 15 is 0 Å². The third-order valence-corrected chi connectivity index (χ3v) is 14.7. The molecule has 10 aromatic carbocycles. The highest BCUT2D eigenvalue weighted by Gasteiger charge is 2.47. The Morgan fingerprint density at radius 3 is 1.61 bits per heavy atom. The fraction of sp³-hybridized carbons (Fsp3) is 0.0625. The monoisotopic (exact) mass is 842 g/mol. The fourth-order valence-electron chi connectivity index (χ4n) is 11.6. The first-order valence-electron chi connectivity index (χ1n) is 23.1. The third-order valence-electron chi connectivity index (χ3n) is 14.7. The van der Waals surface area contributed by atoms with Crippen molar-refractivity contribution in [1.82, 2.24) is 4.57 Å². The van der Waals surface area contributed by atoms with Crippen molar-refractivity contribution >= 4 is 38.7 Å². The molecular weight excluding hydrogens is 797 g/mol. The molecule has 1 aromatic heterocycles. The quantitative estimate of drug-likeness (QED) is 0.155. The molecule has 0 bridgehead atoms. The van der Waals surface area contributed by atoms with Crippen molar-refractivity contribution in [2.75, 3.05) is 4.90 Å². The van der Waals surface area contributed by atoms with Gasteiger partial charge in [0.2, 0.25) is 0 Å². The summed E-state index contributed by atoms with van der Waals surface area (Å²) in [7, 11) is 0. The molecule has 0 saturated carbocycles. The lowest BCUT2D eigenvalue weighted by Crippen LogP contribution is -2.29. The summed E-state index contributed by atoms with van der Waals surface area (Å²) in [5.74, 6) is 0. The Bertz CT molecular complexity index is 3620. The number of rotatable bonds is 7. The van der Waals surface area contributed by atoms with Gasteiger partial charge in [-0.2, -0.15) is 0 Å². The molecule has 1 heterocycles. The van der Waals surface area contributed by atoms with E-state index < -0.39 is 5.41 Å². The number of nitrogens with zero attached hydrogens (tertiary/aromatic N) is 2. The van der Waals surface area contributed by atoms with E-state index in [-0.39, 0.29) is 5.41 Å². The van der Waals surface area contributed by atoms with E-state index in [4.69, 9.17) is 0 Å². The smallest absolute Gasteiger partial charge is 0.0715 e. The normalized spacial score (nSPS) is 13.8. The maximum absolute atomic E-state index is 2.49. The second kappa shape index (κ2) is 14.7. The summed E-state index contributed by atoms with van der Waals surface area (Å²) in [6.07, 6.45) is 2.24. The van der Waals surface area contributed by atoms with Gasteiger partial charge in [-0.05, 0) is 138 Å². The molecule has 2 nitrogen and oxygen atoms in total. The van der Waals surface area contributed by atoms with Crippen LogP contribution < -0.4 is 4.90 Å². The summed E-state index contributed by atoms with van der Waals surface area (Å²) in [5, 5.41) is 3.79. The van der Waals surface area contributed by atoms with E-state index in [1.807, 2.05) is 0 Å². The van der Waals surface area contributed by atoms with Gasteiger partial charge >= 0.3 is 0 Å². The number of anilines is 3. The van der Waals surface area contributed by atoms with Gasteiger partial charge in [-0.3, -0.25) is 0 Å². The van der Waals surface area contributed by atoms with Crippen molar-refractivity contribution in [2.24, 2.45) is 0 Å². The standard InChI is InChI=1S/C64H46N2/c1-63(2)58-25-15-14-24-53(58)54-35-32-50(41-59(54)63)66(48-29-26-44(27-30-48)43-16-6-3-7-17-43)51-33-36-56-55-34-31-49(65-39-38-57-52-23-13-12-18-45(52)28-37-62(57)65)40-60(55)64(61(56)42-51,46-19-8-4-9-20-46)47-21-10-5-11-22-47/h3-42H,1-2H3. The van der Waals surface area contributed by atoms with Crippen molar-refractivity contribution < 1.29 is 0 Å². The molecule has 0 unspecified atom stereocenters. The Morgan fingerprint density at radius 1 is 0.364 bits per heavy atom. The maximum atomic E-state index is 2.49.